The fourth-order valence-corrected chi connectivity index (χ4v) is 4.82. The maximum Gasteiger partial charge on any atom is 0.251 e. The Labute approximate surface area is 190 Å². The Balaban J connectivity index is 2.13. The van der Waals surface area contributed by atoms with Crippen molar-refractivity contribution in [2.24, 2.45) is 0 Å². The van der Waals surface area contributed by atoms with Crippen molar-refractivity contribution in [2.45, 2.75) is 45.1 Å². The Morgan fingerprint density at radius 2 is 1.69 bits per heavy atom. The lowest BCUT2D eigenvalue weighted by Crippen LogP contribution is -2.35. The van der Waals surface area contributed by atoms with Gasteiger partial charge in [-0.3, -0.25) is 9.59 Å². The predicted molar refractivity (Wildman–Crippen MR) is 124 cm³/mol. The molecule has 32 heavy (non-hydrogen) atoms. The normalized spacial score (nSPS) is 12.3. The lowest BCUT2D eigenvalue weighted by Gasteiger charge is -2.21. The minimum Gasteiger partial charge on any atom is -0.492 e. The van der Waals surface area contributed by atoms with Gasteiger partial charge in [0.1, 0.15) is 10.6 Å². The Morgan fingerprint density at radius 1 is 1.03 bits per heavy atom. The maximum atomic E-state index is 13.0. The van der Waals surface area contributed by atoms with Crippen LogP contribution in [0.15, 0.2) is 53.4 Å². The van der Waals surface area contributed by atoms with Crippen LogP contribution in [0.1, 0.15) is 44.5 Å². The van der Waals surface area contributed by atoms with Crippen molar-refractivity contribution in [3.8, 4) is 5.75 Å². The monoisotopic (exact) mass is 461 g/mol. The number of sulfonamides is 1. The number of carbonyl (C=O) groups is 2. The van der Waals surface area contributed by atoms with Gasteiger partial charge in [-0.05, 0) is 44.2 Å². The SMILES string of the molecule is CCOc1ccc(NC(=O)CC(C)NC(=O)c2ccccc2)cc1S(=O)(=O)N(CC)CC. The molecule has 0 bridgehead atoms. The van der Waals surface area contributed by atoms with E-state index in [1.165, 1.54) is 16.4 Å². The maximum absolute atomic E-state index is 13.0. The lowest BCUT2D eigenvalue weighted by atomic mass is 10.1. The largest absolute Gasteiger partial charge is 0.492 e. The van der Waals surface area contributed by atoms with Gasteiger partial charge in [-0.25, -0.2) is 8.42 Å². The molecule has 0 aliphatic carbocycles. The van der Waals surface area contributed by atoms with Crippen molar-refractivity contribution in [1.29, 1.82) is 0 Å². The van der Waals surface area contributed by atoms with E-state index in [1.807, 2.05) is 6.07 Å². The Kier molecular flexibility index (Phi) is 9.22. The van der Waals surface area contributed by atoms with Crippen LogP contribution in [-0.2, 0) is 14.8 Å². The molecule has 0 heterocycles. The Morgan fingerprint density at radius 3 is 2.28 bits per heavy atom. The zero-order valence-corrected chi connectivity index (χ0v) is 19.7. The summed E-state index contributed by atoms with van der Waals surface area (Å²) in [5, 5.41) is 5.50. The topological polar surface area (TPSA) is 105 Å². The minimum absolute atomic E-state index is 0.00581. The van der Waals surface area contributed by atoms with E-state index in [1.54, 1.807) is 58.0 Å². The molecule has 0 spiro atoms. The Bertz CT molecular complexity index is 1020. The highest BCUT2D eigenvalue weighted by Gasteiger charge is 2.26. The van der Waals surface area contributed by atoms with Gasteiger partial charge in [0.15, 0.2) is 0 Å². The van der Waals surface area contributed by atoms with Crippen LogP contribution in [0, 0.1) is 0 Å². The molecule has 9 heteroatoms. The lowest BCUT2D eigenvalue weighted by molar-refractivity contribution is -0.116. The van der Waals surface area contributed by atoms with Gasteiger partial charge in [0.25, 0.3) is 5.91 Å². The summed E-state index contributed by atoms with van der Waals surface area (Å²) in [4.78, 5) is 24.8. The molecule has 0 fully saturated rings. The first-order valence-electron chi connectivity index (χ1n) is 10.7. The van der Waals surface area contributed by atoms with Crippen LogP contribution in [0.5, 0.6) is 5.75 Å². The van der Waals surface area contributed by atoms with Crippen LogP contribution in [0.25, 0.3) is 0 Å². The number of rotatable bonds is 11. The number of hydrogen-bond donors (Lipinski definition) is 2. The molecule has 0 aromatic heterocycles. The predicted octanol–water partition coefficient (Wildman–Crippen LogP) is 3.26. The van der Waals surface area contributed by atoms with Crippen molar-refractivity contribution < 1.29 is 22.7 Å². The van der Waals surface area contributed by atoms with E-state index in [0.717, 1.165) is 0 Å². The van der Waals surface area contributed by atoms with Crippen LogP contribution in [0.2, 0.25) is 0 Å². The smallest absolute Gasteiger partial charge is 0.251 e. The average Bonchev–Trinajstić information content (AvgIpc) is 2.76. The van der Waals surface area contributed by atoms with Crippen LogP contribution >= 0.6 is 0 Å². The number of ether oxygens (including phenoxy) is 1. The van der Waals surface area contributed by atoms with Crippen molar-refractivity contribution in [3.63, 3.8) is 0 Å². The van der Waals surface area contributed by atoms with Gasteiger partial charge in [0.05, 0.1) is 6.61 Å². The number of anilines is 1. The standard InChI is InChI=1S/C23H31N3O5S/c1-5-26(6-2)32(29,30)21-16-19(13-14-20(21)31-7-3)25-22(27)15-17(4)24-23(28)18-11-9-8-10-12-18/h8-14,16-17H,5-7,15H2,1-4H3,(H,24,28)(H,25,27). The van der Waals surface area contributed by atoms with Crippen molar-refractivity contribution in [2.75, 3.05) is 25.0 Å². The highest BCUT2D eigenvalue weighted by atomic mass is 32.2. The van der Waals surface area contributed by atoms with E-state index < -0.39 is 16.1 Å². The first-order valence-corrected chi connectivity index (χ1v) is 12.1. The van der Waals surface area contributed by atoms with E-state index in [0.29, 0.717) is 30.9 Å². The average molecular weight is 462 g/mol. The van der Waals surface area contributed by atoms with Gasteiger partial charge in [0.2, 0.25) is 15.9 Å². The van der Waals surface area contributed by atoms with Crippen molar-refractivity contribution in [3.05, 3.63) is 54.1 Å². The van der Waals surface area contributed by atoms with Crippen LogP contribution in [0.4, 0.5) is 5.69 Å². The first kappa shape index (κ1) is 25.4. The third-order valence-corrected chi connectivity index (χ3v) is 6.83. The fourth-order valence-electron chi connectivity index (χ4n) is 3.20. The van der Waals surface area contributed by atoms with Gasteiger partial charge in [-0.2, -0.15) is 4.31 Å². The molecule has 8 nitrogen and oxygen atoms in total. The van der Waals surface area contributed by atoms with Gasteiger partial charge in [-0.15, -0.1) is 0 Å². The van der Waals surface area contributed by atoms with E-state index in [9.17, 15) is 18.0 Å². The highest BCUT2D eigenvalue weighted by Crippen LogP contribution is 2.30. The third-order valence-electron chi connectivity index (χ3n) is 4.76. The van der Waals surface area contributed by atoms with Gasteiger partial charge in [-0.1, -0.05) is 32.0 Å². The molecule has 2 aromatic rings. The molecule has 2 rings (SSSR count). The summed E-state index contributed by atoms with van der Waals surface area (Å²) in [6.45, 7) is 7.98. The van der Waals surface area contributed by atoms with Crippen LogP contribution < -0.4 is 15.4 Å². The molecule has 1 atom stereocenters. The van der Waals surface area contributed by atoms with E-state index in [4.69, 9.17) is 4.74 Å². The summed E-state index contributed by atoms with van der Waals surface area (Å²) in [6.07, 6.45) is 0.0317. The summed E-state index contributed by atoms with van der Waals surface area (Å²) >= 11 is 0. The van der Waals surface area contributed by atoms with Crippen LogP contribution in [0.3, 0.4) is 0 Å². The quantitative estimate of drug-likeness (QED) is 0.534. The van der Waals surface area contributed by atoms with Gasteiger partial charge < -0.3 is 15.4 Å². The van der Waals surface area contributed by atoms with Crippen LogP contribution in [-0.4, -0.2) is 50.3 Å². The number of nitrogens with zero attached hydrogens (tertiary/aromatic N) is 1. The molecular weight excluding hydrogens is 430 g/mol. The number of amides is 2. The zero-order chi connectivity index (χ0) is 23.7. The molecular formula is C23H31N3O5S. The summed E-state index contributed by atoms with van der Waals surface area (Å²) in [7, 11) is -3.78. The van der Waals surface area contributed by atoms with Gasteiger partial charge in [0, 0.05) is 36.8 Å². The molecule has 0 aliphatic rings. The second kappa shape index (κ2) is 11.6. The van der Waals surface area contributed by atoms with Gasteiger partial charge >= 0.3 is 0 Å². The third kappa shape index (κ3) is 6.54. The molecule has 2 aromatic carbocycles. The number of carbonyl (C=O) groups excluding carboxylic acids is 2. The van der Waals surface area contributed by atoms with Crippen molar-refractivity contribution >= 4 is 27.5 Å². The second-order valence-corrected chi connectivity index (χ2v) is 9.08. The number of benzene rings is 2. The Hall–Kier alpha value is -2.91. The fraction of sp³-hybridized carbons (Fsp3) is 0.391. The molecule has 0 aliphatic heterocycles. The number of hydrogen-bond acceptors (Lipinski definition) is 5. The summed E-state index contributed by atoms with van der Waals surface area (Å²) in [5.41, 5.74) is 0.850. The molecule has 2 N–H and O–H groups in total. The van der Waals surface area contributed by atoms with E-state index in [-0.39, 0.29) is 28.9 Å². The summed E-state index contributed by atoms with van der Waals surface area (Å²) in [5.74, 6) is -0.373. The molecule has 1 unspecified atom stereocenters. The molecule has 174 valence electrons. The van der Waals surface area contributed by atoms with E-state index in [2.05, 4.69) is 10.6 Å². The minimum atomic E-state index is -3.78. The number of nitrogens with one attached hydrogen (secondary N) is 2. The first-order chi connectivity index (χ1) is 15.2. The zero-order valence-electron chi connectivity index (χ0n) is 18.9. The van der Waals surface area contributed by atoms with Crippen molar-refractivity contribution in [1.82, 2.24) is 9.62 Å². The van der Waals surface area contributed by atoms with E-state index >= 15 is 0 Å². The summed E-state index contributed by atoms with van der Waals surface area (Å²) < 4.78 is 32.9. The molecule has 2 amide bonds. The highest BCUT2D eigenvalue weighted by molar-refractivity contribution is 7.89. The second-order valence-electron chi connectivity index (χ2n) is 7.18. The molecule has 0 saturated carbocycles. The molecule has 0 saturated heterocycles. The molecule has 0 radical (unpaired) electrons. The summed E-state index contributed by atoms with van der Waals surface area (Å²) in [6, 6.07) is 12.9.